The summed E-state index contributed by atoms with van der Waals surface area (Å²) in [5.74, 6) is 0. The molecule has 0 amide bonds. The molecule has 0 spiro atoms. The Morgan fingerprint density at radius 1 is 0.500 bits per heavy atom. The van der Waals surface area contributed by atoms with Gasteiger partial charge in [0, 0.05) is 13.0 Å². The van der Waals surface area contributed by atoms with E-state index in [2.05, 4.69) is 21.0 Å². The maximum Gasteiger partial charge on any atom is 0.0804 e. The summed E-state index contributed by atoms with van der Waals surface area (Å²) in [5, 5.41) is 8.92. The predicted octanol–water partition coefficient (Wildman–Crippen LogP) is 6.32. The van der Waals surface area contributed by atoms with Gasteiger partial charge in [0.25, 0.3) is 0 Å². The predicted molar refractivity (Wildman–Crippen MR) is 108 cm³/mol. The average Bonchev–Trinajstić information content (AvgIpc) is 2.56. The van der Waals surface area contributed by atoms with Gasteiger partial charge in [0.1, 0.15) is 0 Å². The quantitative estimate of drug-likeness (QED) is 0.215. The summed E-state index contributed by atoms with van der Waals surface area (Å²) in [4.78, 5) is 0. The van der Waals surface area contributed by atoms with E-state index >= 15 is 0 Å². The summed E-state index contributed by atoms with van der Waals surface area (Å²) in [6.45, 7) is 4.99. The van der Waals surface area contributed by atoms with Crippen LogP contribution in [0.5, 0.6) is 0 Å². The van der Waals surface area contributed by atoms with Crippen LogP contribution in [0.3, 0.4) is 0 Å². The first-order chi connectivity index (χ1) is 11.6. The minimum atomic E-state index is 0.334. The van der Waals surface area contributed by atoms with Crippen LogP contribution in [-0.2, 0) is 0 Å². The summed E-state index contributed by atoms with van der Waals surface area (Å²) in [6.07, 6.45) is 22.4. The van der Waals surface area contributed by atoms with E-state index in [1.807, 2.05) is 0 Å². The molecule has 0 aliphatic rings. The van der Waals surface area contributed by atoms with Crippen molar-refractivity contribution in [2.75, 3.05) is 33.8 Å². The van der Waals surface area contributed by atoms with Gasteiger partial charge in [0.2, 0.25) is 0 Å². The molecular formula is C22H48NO+. The van der Waals surface area contributed by atoms with Crippen LogP contribution in [0.2, 0.25) is 0 Å². The highest BCUT2D eigenvalue weighted by Gasteiger charge is 2.12. The fraction of sp³-hybridized carbons (Fsp3) is 1.00. The van der Waals surface area contributed by atoms with Crippen LogP contribution in [0.15, 0.2) is 0 Å². The van der Waals surface area contributed by atoms with Gasteiger partial charge >= 0.3 is 0 Å². The van der Waals surface area contributed by atoms with Gasteiger partial charge in [0.15, 0.2) is 0 Å². The number of hydrogen-bond donors (Lipinski definition) is 1. The Balaban J connectivity index is 3.15. The summed E-state index contributed by atoms with van der Waals surface area (Å²) in [7, 11) is 4.58. The lowest BCUT2D eigenvalue weighted by molar-refractivity contribution is -0.890. The molecule has 0 atom stereocenters. The van der Waals surface area contributed by atoms with Gasteiger partial charge in [-0.25, -0.2) is 0 Å². The van der Waals surface area contributed by atoms with Crippen molar-refractivity contribution in [3.8, 4) is 0 Å². The van der Waals surface area contributed by atoms with E-state index in [9.17, 15) is 0 Å². The van der Waals surface area contributed by atoms with Crippen LogP contribution in [0.25, 0.3) is 0 Å². The molecule has 0 aromatic carbocycles. The molecule has 0 bridgehead atoms. The third-order valence-corrected chi connectivity index (χ3v) is 5.29. The molecule has 0 saturated heterocycles. The van der Waals surface area contributed by atoms with E-state index in [1.165, 1.54) is 103 Å². The first kappa shape index (κ1) is 23.9. The van der Waals surface area contributed by atoms with Gasteiger partial charge in [-0.1, -0.05) is 90.4 Å². The van der Waals surface area contributed by atoms with Crippen molar-refractivity contribution >= 4 is 0 Å². The van der Waals surface area contributed by atoms with Gasteiger partial charge in [-0.15, -0.1) is 0 Å². The number of aliphatic hydroxyl groups excluding tert-OH is 1. The van der Waals surface area contributed by atoms with Crippen molar-refractivity contribution in [1.82, 2.24) is 0 Å². The topological polar surface area (TPSA) is 20.2 Å². The van der Waals surface area contributed by atoms with E-state index in [4.69, 9.17) is 5.11 Å². The Hall–Kier alpha value is -0.0800. The van der Waals surface area contributed by atoms with Crippen molar-refractivity contribution in [1.29, 1.82) is 0 Å². The maximum atomic E-state index is 8.92. The Kier molecular flexibility index (Phi) is 17.7. The van der Waals surface area contributed by atoms with Crippen LogP contribution in [0, 0.1) is 0 Å². The number of unbranched alkanes of at least 4 members (excludes halogenated alkanes) is 14. The fourth-order valence-electron chi connectivity index (χ4n) is 3.52. The second-order valence-corrected chi connectivity index (χ2v) is 8.41. The van der Waals surface area contributed by atoms with Crippen LogP contribution in [0.4, 0.5) is 0 Å². The zero-order chi connectivity index (χ0) is 17.9. The minimum Gasteiger partial charge on any atom is -0.396 e. The number of rotatable bonds is 19. The molecule has 0 aromatic heterocycles. The first-order valence-corrected chi connectivity index (χ1v) is 11.1. The highest BCUT2D eigenvalue weighted by Crippen LogP contribution is 2.13. The third kappa shape index (κ3) is 18.3. The smallest absolute Gasteiger partial charge is 0.0804 e. The van der Waals surface area contributed by atoms with E-state index < -0.39 is 0 Å². The van der Waals surface area contributed by atoms with Crippen molar-refractivity contribution in [2.24, 2.45) is 0 Å². The molecule has 0 saturated carbocycles. The summed E-state index contributed by atoms with van der Waals surface area (Å²) in [6, 6.07) is 0. The second-order valence-electron chi connectivity index (χ2n) is 8.41. The molecule has 0 radical (unpaired) electrons. The van der Waals surface area contributed by atoms with E-state index in [1.54, 1.807) is 0 Å². The fourth-order valence-corrected chi connectivity index (χ4v) is 3.52. The van der Waals surface area contributed by atoms with E-state index in [0.29, 0.717) is 6.61 Å². The molecule has 0 heterocycles. The normalized spacial score (nSPS) is 12.0. The van der Waals surface area contributed by atoms with Crippen LogP contribution < -0.4 is 0 Å². The lowest BCUT2D eigenvalue weighted by atomic mass is 10.0. The number of aliphatic hydroxyl groups is 1. The monoisotopic (exact) mass is 342 g/mol. The number of quaternary nitrogens is 1. The molecule has 0 rings (SSSR count). The van der Waals surface area contributed by atoms with Gasteiger partial charge < -0.3 is 9.59 Å². The van der Waals surface area contributed by atoms with Crippen molar-refractivity contribution in [3.63, 3.8) is 0 Å². The van der Waals surface area contributed by atoms with Gasteiger partial charge in [-0.2, -0.15) is 0 Å². The van der Waals surface area contributed by atoms with Gasteiger partial charge in [-0.3, -0.25) is 0 Å². The molecule has 0 aliphatic heterocycles. The average molecular weight is 343 g/mol. The highest BCUT2D eigenvalue weighted by molar-refractivity contribution is 4.50. The lowest BCUT2D eigenvalue weighted by Crippen LogP contribution is -2.41. The molecule has 24 heavy (non-hydrogen) atoms. The molecule has 2 heteroatoms. The number of hydrogen-bond acceptors (Lipinski definition) is 1. The Morgan fingerprint density at radius 3 is 1.21 bits per heavy atom. The third-order valence-electron chi connectivity index (χ3n) is 5.29. The second kappa shape index (κ2) is 17.7. The van der Waals surface area contributed by atoms with E-state index in [-0.39, 0.29) is 0 Å². The number of nitrogens with zero attached hydrogens (tertiary/aromatic N) is 1. The SMILES string of the molecule is CCCCCCCCCCCCCCCCC[N+](C)(C)CCCO. The van der Waals surface area contributed by atoms with E-state index in [0.717, 1.165) is 17.4 Å². The molecule has 0 unspecified atom stereocenters. The Morgan fingerprint density at radius 2 is 0.833 bits per heavy atom. The molecule has 1 N–H and O–H groups in total. The summed E-state index contributed by atoms with van der Waals surface area (Å²) in [5.41, 5.74) is 0. The van der Waals surface area contributed by atoms with Gasteiger partial charge in [-0.05, 0) is 12.8 Å². The molecule has 2 nitrogen and oxygen atoms in total. The van der Waals surface area contributed by atoms with Crippen LogP contribution >= 0.6 is 0 Å². The first-order valence-electron chi connectivity index (χ1n) is 11.1. The largest absolute Gasteiger partial charge is 0.396 e. The minimum absolute atomic E-state index is 0.334. The Bertz CT molecular complexity index is 240. The van der Waals surface area contributed by atoms with Crippen molar-refractivity contribution < 1.29 is 9.59 Å². The van der Waals surface area contributed by atoms with Gasteiger partial charge in [0.05, 0.1) is 27.2 Å². The van der Waals surface area contributed by atoms with Crippen LogP contribution in [-0.4, -0.2) is 43.4 Å². The standard InChI is InChI=1S/C22H48NO/c1-4-5-6-7-8-9-10-11-12-13-14-15-16-17-18-20-23(2,3)21-19-22-24/h24H,4-22H2,1-3H3/q+1. The van der Waals surface area contributed by atoms with Crippen LogP contribution in [0.1, 0.15) is 110 Å². The summed E-state index contributed by atoms with van der Waals surface area (Å²) < 4.78 is 1.07. The van der Waals surface area contributed by atoms with Crippen molar-refractivity contribution in [3.05, 3.63) is 0 Å². The molecular weight excluding hydrogens is 294 g/mol. The summed E-state index contributed by atoms with van der Waals surface area (Å²) >= 11 is 0. The Labute approximate surface area is 153 Å². The molecule has 0 aliphatic carbocycles. The van der Waals surface area contributed by atoms with Crippen molar-refractivity contribution in [2.45, 2.75) is 110 Å². The molecule has 146 valence electrons. The lowest BCUT2D eigenvalue weighted by Gasteiger charge is -2.29. The molecule has 0 aromatic rings. The maximum absolute atomic E-state index is 8.92. The molecule has 0 fully saturated rings. The zero-order valence-corrected chi connectivity index (χ0v) is 17.3. The highest BCUT2D eigenvalue weighted by atomic mass is 16.3. The zero-order valence-electron chi connectivity index (χ0n) is 17.3.